The Hall–Kier alpha value is -1.75. The summed E-state index contributed by atoms with van der Waals surface area (Å²) in [6.07, 6.45) is -5.13. The number of nitrogens with zero attached hydrogens (tertiary/aromatic N) is 2. The summed E-state index contributed by atoms with van der Waals surface area (Å²) in [6.45, 7) is 10.1. The minimum absolute atomic E-state index is 0.795. The molecule has 0 aromatic rings. The van der Waals surface area contributed by atoms with E-state index in [2.05, 4.69) is 30.4 Å². The molecule has 116 valence electrons. The minimum atomic E-state index is -5.13. The molecule has 0 aliphatic rings. The molecule has 20 heavy (non-hydrogen) atoms. The molecule has 0 radical (unpaired) electrons. The zero-order valence-electron chi connectivity index (χ0n) is 11.9. The number of rotatable bonds is 4. The van der Waals surface area contributed by atoms with Crippen LogP contribution in [0.5, 0.6) is 0 Å². The number of hydrogen-bond acceptors (Lipinski definition) is 5. The molecule has 0 amide bonds. The van der Waals surface area contributed by atoms with Gasteiger partial charge in [-0.2, -0.15) is 18.4 Å². The average molecular weight is 296 g/mol. The molecule has 0 fully saturated rings. The highest BCUT2D eigenvalue weighted by Gasteiger charge is 2.39. The van der Waals surface area contributed by atoms with E-state index >= 15 is 0 Å². The van der Waals surface area contributed by atoms with Crippen LogP contribution in [0.1, 0.15) is 20.8 Å². The number of aliphatic hydroxyl groups excluding tert-OH is 1. The normalized spacial score (nSPS) is 11.9. The van der Waals surface area contributed by atoms with Crippen LogP contribution < -0.4 is 0 Å². The summed E-state index contributed by atoms with van der Waals surface area (Å²) in [7, 11) is 0.795. The van der Waals surface area contributed by atoms with Gasteiger partial charge >= 0.3 is 12.1 Å². The summed E-state index contributed by atoms with van der Waals surface area (Å²) in [6, 6.07) is 0.894. The molecule has 0 aliphatic carbocycles. The number of alkyl halides is 3. The minimum Gasteiger partial charge on any atom is -0.503 e. The quantitative estimate of drug-likeness (QED) is 0.373. The van der Waals surface area contributed by atoms with E-state index in [1.165, 1.54) is 19.6 Å². The van der Waals surface area contributed by atoms with Gasteiger partial charge in [-0.15, -0.1) is 0 Å². The van der Waals surface area contributed by atoms with Gasteiger partial charge < -0.3 is 14.7 Å². The van der Waals surface area contributed by atoms with E-state index < -0.39 is 23.5 Å². The number of halogens is 3. The van der Waals surface area contributed by atoms with Gasteiger partial charge in [0.1, 0.15) is 6.07 Å². The van der Waals surface area contributed by atoms with Crippen LogP contribution in [-0.2, 0) is 9.53 Å². The van der Waals surface area contributed by atoms with Crippen molar-refractivity contribution < 1.29 is 27.8 Å². The molecule has 1 N–H and O–H groups in total. The van der Waals surface area contributed by atoms with Gasteiger partial charge in [0.25, 0.3) is 0 Å². The standard InChI is InChI=1S/C6H4F3NO3.C6H15N/c1-13-5(12)3(2-10)4(11)6(7,8)9;1-4-7(5-2)6-3/h11H,1H3;4-6H2,1-3H3/b4-3+;. The van der Waals surface area contributed by atoms with Crippen LogP contribution in [0.2, 0.25) is 0 Å². The molecule has 0 spiro atoms. The number of nitriles is 1. The second-order valence-corrected chi connectivity index (χ2v) is 3.44. The van der Waals surface area contributed by atoms with Crippen LogP contribution in [0, 0.1) is 11.3 Å². The highest BCUT2D eigenvalue weighted by Crippen LogP contribution is 2.25. The maximum Gasteiger partial charge on any atom is 0.450 e. The van der Waals surface area contributed by atoms with Crippen molar-refractivity contribution in [3.05, 3.63) is 11.3 Å². The van der Waals surface area contributed by atoms with Crippen LogP contribution in [0.15, 0.2) is 11.3 Å². The maximum atomic E-state index is 11.7. The zero-order chi connectivity index (χ0) is 16.3. The van der Waals surface area contributed by atoms with Crippen LogP contribution in [0.4, 0.5) is 13.2 Å². The van der Waals surface area contributed by atoms with Crippen LogP contribution in [0.25, 0.3) is 0 Å². The van der Waals surface area contributed by atoms with Gasteiger partial charge in [0, 0.05) is 0 Å². The number of esters is 1. The summed E-state index contributed by atoms with van der Waals surface area (Å²) < 4.78 is 39.0. The van der Waals surface area contributed by atoms with E-state index in [0.29, 0.717) is 0 Å². The molecule has 0 saturated heterocycles. The Kier molecular flexibility index (Phi) is 10.4. The number of carbonyl (C=O) groups is 1. The third kappa shape index (κ3) is 7.63. The van der Waals surface area contributed by atoms with Gasteiger partial charge in [-0.25, -0.2) is 4.79 Å². The molecule has 0 unspecified atom stereocenters. The van der Waals surface area contributed by atoms with Crippen molar-refractivity contribution in [1.82, 2.24) is 4.90 Å². The molecule has 0 bridgehead atoms. The molecule has 8 heteroatoms. The Labute approximate surface area is 116 Å². The van der Waals surface area contributed by atoms with E-state index in [4.69, 9.17) is 10.4 Å². The highest BCUT2D eigenvalue weighted by atomic mass is 19.4. The first-order valence-electron chi connectivity index (χ1n) is 5.90. The van der Waals surface area contributed by atoms with E-state index in [1.54, 1.807) is 0 Å². The smallest absolute Gasteiger partial charge is 0.450 e. The summed E-state index contributed by atoms with van der Waals surface area (Å²) in [5, 5.41) is 16.5. The summed E-state index contributed by atoms with van der Waals surface area (Å²) in [5.41, 5.74) is -1.46. The predicted molar refractivity (Wildman–Crippen MR) is 66.8 cm³/mol. The van der Waals surface area contributed by atoms with Gasteiger partial charge in [0.2, 0.25) is 5.76 Å². The van der Waals surface area contributed by atoms with Crippen LogP contribution in [-0.4, -0.2) is 48.9 Å². The Morgan fingerprint density at radius 1 is 1.25 bits per heavy atom. The number of aliphatic hydroxyl groups is 1. The molecule has 0 aliphatic heterocycles. The van der Waals surface area contributed by atoms with Crippen molar-refractivity contribution >= 4 is 5.97 Å². The highest BCUT2D eigenvalue weighted by molar-refractivity contribution is 5.93. The first-order chi connectivity index (χ1) is 9.19. The Balaban J connectivity index is 0. The van der Waals surface area contributed by atoms with Crippen molar-refractivity contribution in [3.8, 4) is 6.07 Å². The fraction of sp³-hybridized carbons (Fsp3) is 0.667. The fourth-order valence-corrected chi connectivity index (χ4v) is 1.11. The van der Waals surface area contributed by atoms with Gasteiger partial charge in [-0.1, -0.05) is 20.8 Å². The molecule has 0 aromatic carbocycles. The third-order valence-electron chi connectivity index (χ3n) is 2.35. The van der Waals surface area contributed by atoms with E-state index in [-0.39, 0.29) is 0 Å². The second-order valence-electron chi connectivity index (χ2n) is 3.44. The lowest BCUT2D eigenvalue weighted by Crippen LogP contribution is -2.21. The van der Waals surface area contributed by atoms with Gasteiger partial charge in [0.05, 0.1) is 7.11 Å². The molecule has 0 aromatic heterocycles. The predicted octanol–water partition coefficient (Wildman–Crippen LogP) is 2.41. The van der Waals surface area contributed by atoms with Crippen LogP contribution >= 0.6 is 0 Å². The maximum absolute atomic E-state index is 11.7. The molecule has 0 heterocycles. The van der Waals surface area contributed by atoms with Gasteiger partial charge in [0.15, 0.2) is 5.57 Å². The first kappa shape index (κ1) is 20.6. The fourth-order valence-electron chi connectivity index (χ4n) is 1.11. The second kappa shape index (κ2) is 10.1. The lowest BCUT2D eigenvalue weighted by Gasteiger charge is -2.13. The Morgan fingerprint density at radius 3 is 1.80 bits per heavy atom. The average Bonchev–Trinajstić information content (AvgIpc) is 2.40. The topological polar surface area (TPSA) is 73.6 Å². The van der Waals surface area contributed by atoms with Crippen LogP contribution in [0.3, 0.4) is 0 Å². The van der Waals surface area contributed by atoms with E-state index in [9.17, 15) is 18.0 Å². The van der Waals surface area contributed by atoms with E-state index in [0.717, 1.165) is 13.2 Å². The summed E-state index contributed by atoms with van der Waals surface area (Å²) >= 11 is 0. The third-order valence-corrected chi connectivity index (χ3v) is 2.35. The van der Waals surface area contributed by atoms with Crippen molar-refractivity contribution in [2.75, 3.05) is 26.7 Å². The number of ether oxygens (including phenoxy) is 1. The van der Waals surface area contributed by atoms with Gasteiger partial charge in [-0.05, 0) is 19.6 Å². The lowest BCUT2D eigenvalue weighted by atomic mass is 10.2. The molecule has 0 rings (SSSR count). The summed E-state index contributed by atoms with van der Waals surface area (Å²) in [4.78, 5) is 12.8. The number of carbonyl (C=O) groups excluding carboxylic acids is 1. The number of methoxy groups -OCH3 is 1. The monoisotopic (exact) mass is 296 g/mol. The number of hydrogen-bond donors (Lipinski definition) is 1. The van der Waals surface area contributed by atoms with Crippen molar-refractivity contribution in [1.29, 1.82) is 5.26 Å². The first-order valence-corrected chi connectivity index (χ1v) is 5.90. The number of allylic oxidation sites excluding steroid dienone is 1. The molecular formula is C12H19F3N2O3. The van der Waals surface area contributed by atoms with Crippen molar-refractivity contribution in [2.24, 2.45) is 0 Å². The van der Waals surface area contributed by atoms with Crippen molar-refractivity contribution in [3.63, 3.8) is 0 Å². The molecular weight excluding hydrogens is 277 g/mol. The molecule has 0 saturated carbocycles. The zero-order valence-corrected chi connectivity index (χ0v) is 11.9. The molecule has 0 atom stereocenters. The summed E-state index contributed by atoms with van der Waals surface area (Å²) in [5.74, 6) is -3.78. The van der Waals surface area contributed by atoms with Crippen molar-refractivity contribution in [2.45, 2.75) is 26.9 Å². The SMILES string of the molecule is CCN(CC)CC.COC(=O)/C(C#N)=C(/O)C(F)(F)F. The lowest BCUT2D eigenvalue weighted by molar-refractivity contribution is -0.140. The Morgan fingerprint density at radius 2 is 1.65 bits per heavy atom. The molecule has 5 nitrogen and oxygen atoms in total. The Bertz CT molecular complexity index is 364. The van der Waals surface area contributed by atoms with Gasteiger partial charge in [-0.3, -0.25) is 0 Å². The largest absolute Gasteiger partial charge is 0.503 e. The van der Waals surface area contributed by atoms with E-state index in [1.807, 2.05) is 0 Å².